The van der Waals surface area contributed by atoms with Gasteiger partial charge in [0.2, 0.25) is 0 Å². The minimum Gasteiger partial charge on any atom is -0.229 e. The summed E-state index contributed by atoms with van der Waals surface area (Å²) in [6, 6.07) is 0. The van der Waals surface area contributed by atoms with Crippen LogP contribution < -0.4 is 0 Å². The van der Waals surface area contributed by atoms with Crippen LogP contribution in [0.2, 0.25) is 0 Å². The fourth-order valence-electron chi connectivity index (χ4n) is 1.33. The number of halogens is 1. The molecule has 0 aromatic carbocycles. The van der Waals surface area contributed by atoms with E-state index in [-0.39, 0.29) is 5.41 Å². The van der Waals surface area contributed by atoms with Crippen molar-refractivity contribution in [3.8, 4) is 0 Å². The van der Waals surface area contributed by atoms with Crippen LogP contribution in [0.1, 0.15) is 33.6 Å². The first-order chi connectivity index (χ1) is 6.17. The molecule has 0 rings (SSSR count). The molecule has 0 aromatic rings. The number of sulfone groups is 1. The quantitative estimate of drug-likeness (QED) is 0.728. The minimum absolute atomic E-state index is 0.251. The Hall–Kier alpha value is 0.430. The van der Waals surface area contributed by atoms with E-state index in [1.807, 2.05) is 0 Å². The Morgan fingerprint density at radius 3 is 2.07 bits per heavy atom. The van der Waals surface area contributed by atoms with Gasteiger partial charge in [0.25, 0.3) is 0 Å². The highest BCUT2D eigenvalue weighted by molar-refractivity contribution is 9.09. The largest absolute Gasteiger partial charge is 0.229 e. The van der Waals surface area contributed by atoms with Crippen LogP contribution in [0.4, 0.5) is 0 Å². The van der Waals surface area contributed by atoms with E-state index in [9.17, 15) is 8.42 Å². The van der Waals surface area contributed by atoms with Crippen LogP contribution in [0.15, 0.2) is 0 Å². The molecule has 0 bridgehead atoms. The highest BCUT2D eigenvalue weighted by Crippen LogP contribution is 2.31. The van der Waals surface area contributed by atoms with E-state index in [2.05, 4.69) is 36.7 Å². The van der Waals surface area contributed by atoms with Gasteiger partial charge in [0.05, 0.1) is 0 Å². The van der Waals surface area contributed by atoms with Crippen molar-refractivity contribution in [3.63, 3.8) is 0 Å². The standard InChI is InChI=1S/C10H21BrO2S/c1-10(2,3)9(8-11)6-5-7-14(4,12)13/h9H,5-8H2,1-4H3. The van der Waals surface area contributed by atoms with Crippen LogP contribution in [-0.2, 0) is 9.84 Å². The third-order valence-electron chi connectivity index (χ3n) is 2.48. The summed E-state index contributed by atoms with van der Waals surface area (Å²) in [7, 11) is -2.79. The molecule has 0 aromatic heterocycles. The molecule has 0 saturated heterocycles. The van der Waals surface area contributed by atoms with E-state index in [4.69, 9.17) is 0 Å². The Balaban J connectivity index is 3.99. The molecule has 0 heterocycles. The van der Waals surface area contributed by atoms with E-state index in [1.54, 1.807) is 0 Å². The molecule has 0 aliphatic carbocycles. The third kappa shape index (κ3) is 6.82. The van der Waals surface area contributed by atoms with E-state index in [1.165, 1.54) is 6.26 Å². The number of hydrogen-bond donors (Lipinski definition) is 0. The molecule has 0 saturated carbocycles. The minimum atomic E-state index is -2.79. The topological polar surface area (TPSA) is 34.1 Å². The SMILES string of the molecule is CC(C)(C)C(CBr)CCCS(C)(=O)=O. The van der Waals surface area contributed by atoms with Crippen molar-refractivity contribution in [1.82, 2.24) is 0 Å². The van der Waals surface area contributed by atoms with Gasteiger partial charge >= 0.3 is 0 Å². The Bertz CT molecular complexity index is 252. The van der Waals surface area contributed by atoms with Crippen LogP contribution in [-0.4, -0.2) is 25.8 Å². The molecule has 0 fully saturated rings. The van der Waals surface area contributed by atoms with Crippen molar-refractivity contribution in [2.24, 2.45) is 11.3 Å². The summed E-state index contributed by atoms with van der Waals surface area (Å²) in [6.45, 7) is 6.58. The van der Waals surface area contributed by atoms with Gasteiger partial charge in [0, 0.05) is 17.3 Å². The number of hydrogen-bond acceptors (Lipinski definition) is 2. The molecule has 4 heteroatoms. The highest BCUT2D eigenvalue weighted by atomic mass is 79.9. The Morgan fingerprint density at radius 2 is 1.79 bits per heavy atom. The summed E-state index contributed by atoms with van der Waals surface area (Å²) in [5, 5.41) is 0.945. The lowest BCUT2D eigenvalue weighted by Crippen LogP contribution is -2.22. The molecule has 86 valence electrons. The van der Waals surface area contributed by atoms with Crippen LogP contribution in [0.25, 0.3) is 0 Å². The van der Waals surface area contributed by atoms with Gasteiger partial charge in [-0.05, 0) is 24.2 Å². The van der Waals surface area contributed by atoms with Gasteiger partial charge in [-0.25, -0.2) is 8.42 Å². The van der Waals surface area contributed by atoms with Crippen molar-refractivity contribution in [1.29, 1.82) is 0 Å². The number of rotatable bonds is 5. The molecule has 1 atom stereocenters. The van der Waals surface area contributed by atoms with Gasteiger partial charge in [-0.2, -0.15) is 0 Å². The van der Waals surface area contributed by atoms with Gasteiger partial charge < -0.3 is 0 Å². The van der Waals surface area contributed by atoms with Crippen LogP contribution in [0.3, 0.4) is 0 Å². The van der Waals surface area contributed by atoms with Crippen LogP contribution in [0.5, 0.6) is 0 Å². The molecular formula is C10H21BrO2S. The highest BCUT2D eigenvalue weighted by Gasteiger charge is 2.23. The van der Waals surface area contributed by atoms with Gasteiger partial charge in [0.1, 0.15) is 9.84 Å². The average molecular weight is 285 g/mol. The molecule has 0 amide bonds. The molecule has 0 aliphatic heterocycles. The van der Waals surface area contributed by atoms with Crippen LogP contribution >= 0.6 is 15.9 Å². The molecule has 1 unspecified atom stereocenters. The van der Waals surface area contributed by atoms with Gasteiger partial charge in [-0.3, -0.25) is 0 Å². The first-order valence-electron chi connectivity index (χ1n) is 4.90. The Labute approximate surface area is 96.5 Å². The zero-order valence-electron chi connectivity index (χ0n) is 9.51. The maximum absolute atomic E-state index is 10.9. The fourth-order valence-corrected chi connectivity index (χ4v) is 3.32. The maximum Gasteiger partial charge on any atom is 0.147 e. The fraction of sp³-hybridized carbons (Fsp3) is 1.00. The van der Waals surface area contributed by atoms with Gasteiger partial charge in [0.15, 0.2) is 0 Å². The summed E-state index contributed by atoms with van der Waals surface area (Å²) in [5.74, 6) is 0.858. The van der Waals surface area contributed by atoms with E-state index in [0.717, 1.165) is 18.2 Å². The Kier molecular flexibility index (Phi) is 5.67. The lowest BCUT2D eigenvalue weighted by molar-refractivity contribution is 0.252. The first kappa shape index (κ1) is 14.4. The second kappa shape index (κ2) is 5.50. The number of alkyl halides is 1. The molecule has 2 nitrogen and oxygen atoms in total. The monoisotopic (exact) mass is 284 g/mol. The maximum atomic E-state index is 10.9. The molecule has 0 radical (unpaired) electrons. The van der Waals surface area contributed by atoms with Crippen molar-refractivity contribution >= 4 is 25.8 Å². The summed E-state index contributed by atoms with van der Waals surface area (Å²) < 4.78 is 21.9. The molecule has 14 heavy (non-hydrogen) atoms. The van der Waals surface area contributed by atoms with Crippen molar-refractivity contribution < 1.29 is 8.42 Å². The molecule has 0 N–H and O–H groups in total. The van der Waals surface area contributed by atoms with Gasteiger partial charge in [-0.1, -0.05) is 36.7 Å². The molecular weight excluding hydrogens is 264 g/mol. The first-order valence-corrected chi connectivity index (χ1v) is 8.08. The molecule has 0 aliphatic rings. The summed E-state index contributed by atoms with van der Waals surface area (Å²) in [6.07, 6.45) is 3.04. The second-order valence-electron chi connectivity index (χ2n) is 4.99. The van der Waals surface area contributed by atoms with E-state index >= 15 is 0 Å². The predicted molar refractivity (Wildman–Crippen MR) is 65.7 cm³/mol. The van der Waals surface area contributed by atoms with Crippen molar-refractivity contribution in [2.75, 3.05) is 17.3 Å². The Morgan fingerprint density at radius 1 is 1.29 bits per heavy atom. The zero-order chi connectivity index (χ0) is 11.4. The molecule has 0 spiro atoms. The predicted octanol–water partition coefficient (Wildman–Crippen LogP) is 2.87. The zero-order valence-corrected chi connectivity index (χ0v) is 11.9. The average Bonchev–Trinajstić information content (AvgIpc) is 1.93. The second-order valence-corrected chi connectivity index (χ2v) is 7.90. The van der Waals surface area contributed by atoms with E-state index < -0.39 is 9.84 Å². The third-order valence-corrected chi connectivity index (χ3v) is 4.29. The smallest absolute Gasteiger partial charge is 0.147 e. The normalized spacial score (nSPS) is 15.5. The summed E-state index contributed by atoms with van der Waals surface area (Å²) in [4.78, 5) is 0. The lowest BCUT2D eigenvalue weighted by atomic mass is 9.79. The van der Waals surface area contributed by atoms with Crippen LogP contribution in [0, 0.1) is 11.3 Å². The van der Waals surface area contributed by atoms with Gasteiger partial charge in [-0.15, -0.1) is 0 Å². The summed E-state index contributed by atoms with van der Waals surface area (Å²) in [5.41, 5.74) is 0.251. The van der Waals surface area contributed by atoms with Crippen molar-refractivity contribution in [3.05, 3.63) is 0 Å². The summed E-state index contributed by atoms with van der Waals surface area (Å²) >= 11 is 3.48. The lowest BCUT2D eigenvalue weighted by Gasteiger charge is -2.29. The van der Waals surface area contributed by atoms with E-state index in [0.29, 0.717) is 11.7 Å². The van der Waals surface area contributed by atoms with Crippen molar-refractivity contribution in [2.45, 2.75) is 33.6 Å².